The van der Waals surface area contributed by atoms with Gasteiger partial charge in [-0.3, -0.25) is 0 Å². The summed E-state index contributed by atoms with van der Waals surface area (Å²) in [7, 11) is 4.16. The maximum absolute atomic E-state index is 12.9. The zero-order chi connectivity index (χ0) is 17.1. The van der Waals surface area contributed by atoms with Gasteiger partial charge in [0.15, 0.2) is 0 Å². The molecule has 5 heteroatoms. The van der Waals surface area contributed by atoms with Crippen molar-refractivity contribution in [2.45, 2.75) is 26.1 Å². The van der Waals surface area contributed by atoms with E-state index in [1.807, 2.05) is 18.2 Å². The Bertz CT molecular complexity index is 811. The Morgan fingerprint density at radius 2 is 1.88 bits per heavy atom. The highest BCUT2D eigenvalue weighted by atomic mass is 19.1. The van der Waals surface area contributed by atoms with Crippen molar-refractivity contribution in [2.24, 2.45) is 0 Å². The van der Waals surface area contributed by atoms with E-state index in [2.05, 4.69) is 41.7 Å². The fraction of sp³-hybridized carbons (Fsp3) is 0.316. The van der Waals surface area contributed by atoms with Crippen molar-refractivity contribution in [2.75, 3.05) is 14.1 Å². The summed E-state index contributed by atoms with van der Waals surface area (Å²) >= 11 is 0. The van der Waals surface area contributed by atoms with Gasteiger partial charge in [-0.25, -0.2) is 9.37 Å². The normalized spacial score (nSPS) is 12.7. The third-order valence-electron chi connectivity index (χ3n) is 4.24. The van der Waals surface area contributed by atoms with E-state index in [1.165, 1.54) is 12.1 Å². The lowest BCUT2D eigenvalue weighted by Crippen LogP contribution is -2.28. The Labute approximate surface area is 141 Å². The molecular weight excluding hydrogens is 305 g/mol. The van der Waals surface area contributed by atoms with E-state index < -0.39 is 0 Å². The molecule has 4 nitrogen and oxygen atoms in total. The summed E-state index contributed by atoms with van der Waals surface area (Å²) in [5, 5.41) is 0. The molecule has 1 aromatic carbocycles. The van der Waals surface area contributed by atoms with Gasteiger partial charge in [-0.2, -0.15) is 0 Å². The lowest BCUT2D eigenvalue weighted by molar-refractivity contribution is 0.286. The maximum atomic E-state index is 12.9. The van der Waals surface area contributed by atoms with E-state index in [9.17, 15) is 4.39 Å². The quantitative estimate of drug-likeness (QED) is 0.691. The van der Waals surface area contributed by atoms with Crippen molar-refractivity contribution < 1.29 is 9.13 Å². The zero-order valence-electron chi connectivity index (χ0n) is 14.2. The van der Waals surface area contributed by atoms with Crippen LogP contribution in [0.25, 0.3) is 11.0 Å². The third kappa shape index (κ3) is 3.74. The van der Waals surface area contributed by atoms with Crippen LogP contribution in [-0.2, 0) is 13.2 Å². The average Bonchev–Trinajstić information content (AvgIpc) is 2.96. The third-order valence-corrected chi connectivity index (χ3v) is 4.24. The van der Waals surface area contributed by atoms with Crippen LogP contribution < -0.4 is 4.74 Å². The lowest BCUT2D eigenvalue weighted by Gasteiger charge is -2.20. The zero-order valence-corrected chi connectivity index (χ0v) is 14.2. The highest BCUT2D eigenvalue weighted by molar-refractivity contribution is 5.76. The fourth-order valence-electron chi connectivity index (χ4n) is 2.48. The molecule has 0 spiro atoms. The van der Waals surface area contributed by atoms with Gasteiger partial charge in [0.2, 0.25) is 5.88 Å². The molecule has 0 unspecified atom stereocenters. The number of likely N-dealkylation sites (N-methyl/N-ethyl adjacent to an activating group) is 1. The SMILES string of the molecule is C[C@H](Cn1ccc2nc(OCc3ccc(F)cc3)ccc21)N(C)C. The highest BCUT2D eigenvalue weighted by Gasteiger charge is 2.09. The molecule has 24 heavy (non-hydrogen) atoms. The molecule has 0 saturated heterocycles. The van der Waals surface area contributed by atoms with Gasteiger partial charge in [-0.1, -0.05) is 12.1 Å². The van der Waals surface area contributed by atoms with Crippen LogP contribution in [0.1, 0.15) is 12.5 Å². The van der Waals surface area contributed by atoms with Crippen LogP contribution in [0, 0.1) is 5.82 Å². The maximum Gasteiger partial charge on any atom is 0.214 e. The van der Waals surface area contributed by atoms with Crippen LogP contribution in [-0.4, -0.2) is 34.6 Å². The van der Waals surface area contributed by atoms with Gasteiger partial charge < -0.3 is 14.2 Å². The summed E-state index contributed by atoms with van der Waals surface area (Å²) in [4.78, 5) is 6.74. The van der Waals surface area contributed by atoms with E-state index in [0.717, 1.165) is 23.1 Å². The molecule has 0 aliphatic heterocycles. The number of hydrogen-bond donors (Lipinski definition) is 0. The van der Waals surface area contributed by atoms with Crippen molar-refractivity contribution in [1.82, 2.24) is 14.5 Å². The number of benzene rings is 1. The number of halogens is 1. The van der Waals surface area contributed by atoms with Crippen LogP contribution in [0.3, 0.4) is 0 Å². The molecule has 1 atom stereocenters. The molecule has 0 radical (unpaired) electrons. The number of fused-ring (bicyclic) bond motifs is 1. The molecule has 0 bridgehead atoms. The predicted molar refractivity (Wildman–Crippen MR) is 93.6 cm³/mol. The van der Waals surface area contributed by atoms with E-state index in [4.69, 9.17) is 4.74 Å². The van der Waals surface area contributed by atoms with E-state index >= 15 is 0 Å². The highest BCUT2D eigenvalue weighted by Crippen LogP contribution is 2.19. The molecule has 0 fully saturated rings. The van der Waals surface area contributed by atoms with Crippen LogP contribution in [0.4, 0.5) is 4.39 Å². The Balaban J connectivity index is 1.71. The molecule has 0 aliphatic rings. The van der Waals surface area contributed by atoms with Crippen molar-refractivity contribution >= 4 is 11.0 Å². The molecular formula is C19H22FN3O. The summed E-state index contributed by atoms with van der Waals surface area (Å²) in [6.07, 6.45) is 2.06. The molecule has 126 valence electrons. The minimum absolute atomic E-state index is 0.244. The first-order valence-corrected chi connectivity index (χ1v) is 8.02. The van der Waals surface area contributed by atoms with E-state index in [0.29, 0.717) is 18.5 Å². The minimum Gasteiger partial charge on any atom is -0.473 e. The molecule has 0 aliphatic carbocycles. The van der Waals surface area contributed by atoms with Crippen molar-refractivity contribution in [1.29, 1.82) is 0 Å². The molecule has 0 saturated carbocycles. The summed E-state index contributed by atoms with van der Waals surface area (Å²) in [6, 6.07) is 12.6. The number of nitrogens with zero attached hydrogens (tertiary/aromatic N) is 3. The molecule has 2 aromatic heterocycles. The number of ether oxygens (including phenoxy) is 1. The average molecular weight is 327 g/mol. The first-order valence-electron chi connectivity index (χ1n) is 8.02. The molecule has 0 N–H and O–H groups in total. The Hall–Kier alpha value is -2.40. The minimum atomic E-state index is -0.244. The number of rotatable bonds is 6. The van der Waals surface area contributed by atoms with Gasteiger partial charge in [-0.15, -0.1) is 0 Å². The summed E-state index contributed by atoms with van der Waals surface area (Å²) in [5.41, 5.74) is 2.92. The smallest absolute Gasteiger partial charge is 0.214 e. The number of pyridine rings is 1. The van der Waals surface area contributed by atoms with Gasteiger partial charge in [0.1, 0.15) is 12.4 Å². The number of aromatic nitrogens is 2. The topological polar surface area (TPSA) is 30.3 Å². The van der Waals surface area contributed by atoms with E-state index in [-0.39, 0.29) is 5.82 Å². The first kappa shape index (κ1) is 16.5. The standard InChI is InChI=1S/C19H22FN3O/c1-14(22(2)3)12-23-11-10-17-18(23)8-9-19(21-17)24-13-15-4-6-16(20)7-5-15/h4-11,14H,12-13H2,1-3H3/t14-/m1/s1. The second-order valence-electron chi connectivity index (χ2n) is 6.25. The molecule has 0 amide bonds. The summed E-state index contributed by atoms with van der Waals surface area (Å²) in [6.45, 7) is 3.48. The van der Waals surface area contributed by atoms with Crippen LogP contribution in [0.5, 0.6) is 5.88 Å². The van der Waals surface area contributed by atoms with Gasteiger partial charge in [0.25, 0.3) is 0 Å². The monoisotopic (exact) mass is 327 g/mol. The Morgan fingerprint density at radius 1 is 1.12 bits per heavy atom. The summed E-state index contributed by atoms with van der Waals surface area (Å²) in [5.74, 6) is 0.330. The van der Waals surface area contributed by atoms with Crippen molar-refractivity contribution in [3.63, 3.8) is 0 Å². The predicted octanol–water partition coefficient (Wildman–Crippen LogP) is 3.70. The van der Waals surface area contributed by atoms with Gasteiger partial charge in [0.05, 0.1) is 11.0 Å². The second-order valence-corrected chi connectivity index (χ2v) is 6.25. The van der Waals surface area contributed by atoms with Gasteiger partial charge in [-0.05, 0) is 50.8 Å². The largest absolute Gasteiger partial charge is 0.473 e. The lowest BCUT2D eigenvalue weighted by atomic mass is 10.2. The van der Waals surface area contributed by atoms with Gasteiger partial charge in [0, 0.05) is 24.8 Å². The first-order chi connectivity index (χ1) is 11.5. The van der Waals surface area contributed by atoms with Gasteiger partial charge >= 0.3 is 0 Å². The summed E-state index contributed by atoms with van der Waals surface area (Å²) < 4.78 is 20.8. The van der Waals surface area contributed by atoms with Crippen LogP contribution in [0.2, 0.25) is 0 Å². The Kier molecular flexibility index (Phi) is 4.81. The van der Waals surface area contributed by atoms with Crippen molar-refractivity contribution in [3.05, 3.63) is 60.0 Å². The van der Waals surface area contributed by atoms with Crippen LogP contribution in [0.15, 0.2) is 48.7 Å². The van der Waals surface area contributed by atoms with Crippen LogP contribution >= 0.6 is 0 Å². The molecule has 2 heterocycles. The Morgan fingerprint density at radius 3 is 2.58 bits per heavy atom. The molecule has 3 rings (SSSR count). The fourth-order valence-corrected chi connectivity index (χ4v) is 2.48. The second kappa shape index (κ2) is 7.01. The number of hydrogen-bond acceptors (Lipinski definition) is 3. The van der Waals surface area contributed by atoms with E-state index in [1.54, 1.807) is 12.1 Å². The van der Waals surface area contributed by atoms with Crippen molar-refractivity contribution in [3.8, 4) is 5.88 Å². The molecule has 3 aromatic rings.